The first-order valence-corrected chi connectivity index (χ1v) is 8.25. The zero-order valence-corrected chi connectivity index (χ0v) is 12.3. The number of nitrogens with one attached hydrogen (secondary N) is 1. The molecule has 1 N–H and O–H groups in total. The predicted octanol–water partition coefficient (Wildman–Crippen LogP) is 3.34. The van der Waals surface area contributed by atoms with Crippen LogP contribution in [0.2, 0.25) is 16.6 Å². The maximum atomic E-state index is 10.8. The molecule has 15 heavy (non-hydrogen) atoms. The van der Waals surface area contributed by atoms with Crippen LogP contribution in [0.25, 0.3) is 0 Å². The Kier molecular flexibility index (Phi) is 5.74. The molecule has 0 rings (SSSR count). The highest BCUT2D eigenvalue weighted by molar-refractivity contribution is 6.81. The predicted molar refractivity (Wildman–Crippen MR) is 69.7 cm³/mol. The SMILES string of the molecule is CC(C)[Si](N[C@@H](C)C=O)(C(C)C)C(C)C. The Morgan fingerprint density at radius 1 is 0.867 bits per heavy atom. The fourth-order valence-electron chi connectivity index (χ4n) is 2.93. The summed E-state index contributed by atoms with van der Waals surface area (Å²) in [6.07, 6.45) is 1.02. The summed E-state index contributed by atoms with van der Waals surface area (Å²) in [5.74, 6) is 0. The van der Waals surface area contributed by atoms with E-state index < -0.39 is 8.24 Å². The average molecular weight is 229 g/mol. The van der Waals surface area contributed by atoms with Gasteiger partial charge in [-0.25, -0.2) is 0 Å². The van der Waals surface area contributed by atoms with E-state index in [1.54, 1.807) is 0 Å². The van der Waals surface area contributed by atoms with E-state index in [0.717, 1.165) is 6.29 Å². The van der Waals surface area contributed by atoms with Crippen LogP contribution in [-0.2, 0) is 4.79 Å². The van der Waals surface area contributed by atoms with Crippen molar-refractivity contribution in [2.45, 2.75) is 71.1 Å². The highest BCUT2D eigenvalue weighted by atomic mass is 28.3. The molecule has 0 aromatic carbocycles. The van der Waals surface area contributed by atoms with Gasteiger partial charge in [-0.2, -0.15) is 0 Å². The molecule has 0 aromatic heterocycles. The van der Waals surface area contributed by atoms with E-state index in [-0.39, 0.29) is 6.04 Å². The molecule has 0 radical (unpaired) electrons. The van der Waals surface area contributed by atoms with Crippen molar-refractivity contribution in [3.8, 4) is 0 Å². The molecule has 0 saturated carbocycles. The second-order valence-electron chi connectivity index (χ2n) is 5.47. The van der Waals surface area contributed by atoms with Gasteiger partial charge in [-0.1, -0.05) is 41.5 Å². The molecule has 0 aliphatic rings. The van der Waals surface area contributed by atoms with Gasteiger partial charge in [0.05, 0.1) is 6.04 Å². The molecule has 0 heterocycles. The van der Waals surface area contributed by atoms with Gasteiger partial charge in [0.1, 0.15) is 14.5 Å². The van der Waals surface area contributed by atoms with Gasteiger partial charge in [0, 0.05) is 0 Å². The molecule has 0 spiro atoms. The molecule has 0 fully saturated rings. The first-order valence-electron chi connectivity index (χ1n) is 6.02. The van der Waals surface area contributed by atoms with E-state index in [1.807, 2.05) is 6.92 Å². The normalized spacial score (nSPS) is 15.1. The monoisotopic (exact) mass is 229 g/mol. The molecule has 2 nitrogen and oxygen atoms in total. The van der Waals surface area contributed by atoms with Gasteiger partial charge in [0.25, 0.3) is 0 Å². The molecule has 0 unspecified atom stereocenters. The van der Waals surface area contributed by atoms with Gasteiger partial charge in [-0.15, -0.1) is 0 Å². The quantitative estimate of drug-likeness (QED) is 0.559. The molecule has 0 amide bonds. The van der Waals surface area contributed by atoms with Gasteiger partial charge in [-0.3, -0.25) is 0 Å². The van der Waals surface area contributed by atoms with Crippen LogP contribution >= 0.6 is 0 Å². The molecule has 0 aliphatic carbocycles. The van der Waals surface area contributed by atoms with E-state index in [9.17, 15) is 4.79 Å². The summed E-state index contributed by atoms with van der Waals surface area (Å²) in [6.45, 7) is 15.7. The number of carbonyl (C=O) groups is 1. The molecule has 0 saturated heterocycles. The smallest absolute Gasteiger partial charge is 0.135 e. The third-order valence-electron chi connectivity index (χ3n) is 3.55. The van der Waals surface area contributed by atoms with Crippen LogP contribution in [0, 0.1) is 0 Å². The second-order valence-corrected chi connectivity index (χ2v) is 11.1. The maximum absolute atomic E-state index is 10.8. The molecular formula is C12H27NOSi. The number of aldehydes is 1. The van der Waals surface area contributed by atoms with Crippen LogP contribution < -0.4 is 4.98 Å². The van der Waals surface area contributed by atoms with Crippen molar-refractivity contribution in [1.82, 2.24) is 4.98 Å². The van der Waals surface area contributed by atoms with Crippen molar-refractivity contribution in [2.75, 3.05) is 0 Å². The van der Waals surface area contributed by atoms with E-state index >= 15 is 0 Å². The number of hydrogen-bond acceptors (Lipinski definition) is 2. The molecule has 0 aliphatic heterocycles. The summed E-state index contributed by atoms with van der Waals surface area (Å²) in [5, 5.41) is 0. The lowest BCUT2D eigenvalue weighted by Crippen LogP contribution is -2.61. The van der Waals surface area contributed by atoms with Crippen LogP contribution in [0.3, 0.4) is 0 Å². The van der Waals surface area contributed by atoms with Crippen molar-refractivity contribution in [3.63, 3.8) is 0 Å². The Labute approximate surface area is 95.9 Å². The molecule has 1 atom stereocenters. The summed E-state index contributed by atoms with van der Waals surface area (Å²) in [7, 11) is -1.59. The molecule has 0 bridgehead atoms. The molecule has 3 heteroatoms. The van der Waals surface area contributed by atoms with Crippen LogP contribution in [0.15, 0.2) is 0 Å². The summed E-state index contributed by atoms with van der Waals surface area (Å²) >= 11 is 0. The minimum absolute atomic E-state index is 0.0103. The van der Waals surface area contributed by atoms with E-state index in [2.05, 4.69) is 46.5 Å². The minimum atomic E-state index is -1.59. The third-order valence-corrected chi connectivity index (χ3v) is 10.2. The first-order chi connectivity index (χ1) is 6.78. The van der Waals surface area contributed by atoms with Gasteiger partial charge in [0.15, 0.2) is 0 Å². The Balaban J connectivity index is 5.04. The largest absolute Gasteiger partial charge is 0.328 e. The van der Waals surface area contributed by atoms with Gasteiger partial charge < -0.3 is 9.78 Å². The Morgan fingerprint density at radius 2 is 1.20 bits per heavy atom. The topological polar surface area (TPSA) is 29.1 Å². The average Bonchev–Trinajstić information content (AvgIpc) is 2.11. The van der Waals surface area contributed by atoms with Crippen LogP contribution in [0.1, 0.15) is 48.5 Å². The fourth-order valence-corrected chi connectivity index (χ4v) is 8.79. The Morgan fingerprint density at radius 3 is 1.40 bits per heavy atom. The number of hydrogen-bond donors (Lipinski definition) is 1. The van der Waals surface area contributed by atoms with Crippen molar-refractivity contribution in [1.29, 1.82) is 0 Å². The lowest BCUT2D eigenvalue weighted by atomic mass is 10.4. The Hall–Kier alpha value is -0.153. The van der Waals surface area contributed by atoms with Crippen LogP contribution in [0.5, 0.6) is 0 Å². The number of rotatable bonds is 6. The second kappa shape index (κ2) is 5.80. The maximum Gasteiger partial charge on any atom is 0.135 e. The zero-order valence-electron chi connectivity index (χ0n) is 11.3. The van der Waals surface area contributed by atoms with E-state index in [0.29, 0.717) is 16.6 Å². The van der Waals surface area contributed by atoms with Gasteiger partial charge in [0.2, 0.25) is 0 Å². The standard InChI is InChI=1S/C12H27NOSi/c1-9(2)15(10(3)4,11(5)6)13-12(7)8-14/h8-13H,1-7H3/t12-/m0/s1. The van der Waals surface area contributed by atoms with E-state index in [4.69, 9.17) is 0 Å². The summed E-state index contributed by atoms with van der Waals surface area (Å²) < 4.78 is 0. The molecule has 90 valence electrons. The molecular weight excluding hydrogens is 202 g/mol. The van der Waals surface area contributed by atoms with Crippen molar-refractivity contribution in [2.24, 2.45) is 0 Å². The minimum Gasteiger partial charge on any atom is -0.328 e. The highest BCUT2D eigenvalue weighted by Crippen LogP contribution is 2.39. The van der Waals surface area contributed by atoms with Crippen LogP contribution in [0.4, 0.5) is 0 Å². The molecule has 0 aromatic rings. The van der Waals surface area contributed by atoms with Crippen molar-refractivity contribution < 1.29 is 4.79 Å². The van der Waals surface area contributed by atoms with Crippen molar-refractivity contribution >= 4 is 14.5 Å². The van der Waals surface area contributed by atoms with E-state index in [1.165, 1.54) is 0 Å². The highest BCUT2D eigenvalue weighted by Gasteiger charge is 2.43. The summed E-state index contributed by atoms with van der Waals surface area (Å²) in [5.41, 5.74) is 1.96. The Bertz CT molecular complexity index is 180. The van der Waals surface area contributed by atoms with Gasteiger partial charge >= 0.3 is 0 Å². The zero-order chi connectivity index (χ0) is 12.2. The fraction of sp³-hybridized carbons (Fsp3) is 0.917. The summed E-state index contributed by atoms with van der Waals surface area (Å²) in [6, 6.07) is -0.0103. The lowest BCUT2D eigenvalue weighted by Gasteiger charge is -2.44. The van der Waals surface area contributed by atoms with Crippen LogP contribution in [-0.4, -0.2) is 20.6 Å². The number of carbonyl (C=O) groups excluding carboxylic acids is 1. The van der Waals surface area contributed by atoms with Gasteiger partial charge in [-0.05, 0) is 23.5 Å². The van der Waals surface area contributed by atoms with Crippen molar-refractivity contribution in [3.05, 3.63) is 0 Å². The first kappa shape index (κ1) is 14.8. The lowest BCUT2D eigenvalue weighted by molar-refractivity contribution is -0.108. The summed E-state index contributed by atoms with van der Waals surface area (Å²) in [4.78, 5) is 14.5. The third kappa shape index (κ3) is 3.15.